The second-order valence-corrected chi connectivity index (χ2v) is 6.37. The van der Waals surface area contributed by atoms with Gasteiger partial charge in [0.25, 0.3) is 0 Å². The van der Waals surface area contributed by atoms with Gasteiger partial charge in [-0.2, -0.15) is 0 Å². The fourth-order valence-electron chi connectivity index (χ4n) is 3.36. The summed E-state index contributed by atoms with van der Waals surface area (Å²) < 4.78 is 9.93. The molecule has 2 atom stereocenters. The van der Waals surface area contributed by atoms with Gasteiger partial charge in [0.2, 0.25) is 0 Å². The van der Waals surface area contributed by atoms with E-state index in [1.165, 1.54) is 0 Å². The molecule has 5 nitrogen and oxygen atoms in total. The molecule has 0 amide bonds. The van der Waals surface area contributed by atoms with E-state index in [1.54, 1.807) is 13.8 Å². The highest BCUT2D eigenvalue weighted by Crippen LogP contribution is 2.51. The summed E-state index contributed by atoms with van der Waals surface area (Å²) in [6.07, 6.45) is 1.13. The molecule has 5 heteroatoms. The first kappa shape index (κ1) is 17.0. The molecule has 0 aromatic heterocycles. The molecule has 0 heterocycles. The van der Waals surface area contributed by atoms with Gasteiger partial charge >= 0.3 is 11.9 Å². The molecule has 0 aromatic rings. The predicted molar refractivity (Wildman–Crippen MR) is 73.9 cm³/mol. The number of hydrogen-bond acceptors (Lipinski definition) is 5. The summed E-state index contributed by atoms with van der Waals surface area (Å²) in [5.74, 6) is -2.83. The molecule has 1 N–H and O–H groups in total. The second kappa shape index (κ2) is 6.12. The van der Waals surface area contributed by atoms with Crippen molar-refractivity contribution < 1.29 is 24.2 Å². The molecule has 0 aromatic carbocycles. The normalized spacial score (nSPS) is 28.4. The van der Waals surface area contributed by atoms with Crippen LogP contribution in [0.15, 0.2) is 0 Å². The Morgan fingerprint density at radius 1 is 1.20 bits per heavy atom. The molecule has 0 bridgehead atoms. The topological polar surface area (TPSA) is 72.8 Å². The van der Waals surface area contributed by atoms with Gasteiger partial charge in [-0.05, 0) is 38.0 Å². The average Bonchev–Trinajstić information content (AvgIpc) is 2.48. The van der Waals surface area contributed by atoms with Crippen LogP contribution in [-0.2, 0) is 19.1 Å². The lowest BCUT2D eigenvalue weighted by molar-refractivity contribution is -0.178. The minimum Gasteiger partial charge on any atom is -0.465 e. The van der Waals surface area contributed by atoms with Gasteiger partial charge in [-0.15, -0.1) is 0 Å². The average molecular weight is 286 g/mol. The molecular weight excluding hydrogens is 260 g/mol. The van der Waals surface area contributed by atoms with Crippen LogP contribution in [0, 0.1) is 17.3 Å². The number of hydrogen-bond donors (Lipinski definition) is 1. The SMILES string of the molecule is CCOC(=O)C(C(=O)OCC)C1(O)CC(C)(C)CC1C. The van der Waals surface area contributed by atoms with Crippen molar-refractivity contribution in [3.05, 3.63) is 0 Å². The van der Waals surface area contributed by atoms with Crippen LogP contribution in [0.25, 0.3) is 0 Å². The van der Waals surface area contributed by atoms with Crippen LogP contribution in [0.4, 0.5) is 0 Å². The first-order valence-corrected chi connectivity index (χ1v) is 7.23. The molecule has 1 rings (SSSR count). The van der Waals surface area contributed by atoms with E-state index in [2.05, 4.69) is 0 Å². The van der Waals surface area contributed by atoms with Gasteiger partial charge in [-0.3, -0.25) is 9.59 Å². The van der Waals surface area contributed by atoms with Gasteiger partial charge in [0.05, 0.1) is 18.8 Å². The van der Waals surface area contributed by atoms with Crippen molar-refractivity contribution in [2.24, 2.45) is 17.3 Å². The Morgan fingerprint density at radius 2 is 1.65 bits per heavy atom. The molecule has 20 heavy (non-hydrogen) atoms. The van der Waals surface area contributed by atoms with Crippen molar-refractivity contribution in [2.75, 3.05) is 13.2 Å². The maximum Gasteiger partial charge on any atom is 0.323 e. The molecule has 0 aliphatic heterocycles. The number of rotatable bonds is 5. The summed E-state index contributed by atoms with van der Waals surface area (Å²) >= 11 is 0. The van der Waals surface area contributed by atoms with E-state index in [9.17, 15) is 14.7 Å². The van der Waals surface area contributed by atoms with E-state index in [0.717, 1.165) is 6.42 Å². The number of ether oxygens (including phenoxy) is 2. The smallest absolute Gasteiger partial charge is 0.323 e. The van der Waals surface area contributed by atoms with Crippen LogP contribution >= 0.6 is 0 Å². The monoisotopic (exact) mass is 286 g/mol. The first-order valence-electron chi connectivity index (χ1n) is 7.23. The maximum absolute atomic E-state index is 12.1. The van der Waals surface area contributed by atoms with Crippen LogP contribution in [0.3, 0.4) is 0 Å². The van der Waals surface area contributed by atoms with Crippen molar-refractivity contribution in [2.45, 2.75) is 53.1 Å². The van der Waals surface area contributed by atoms with Crippen molar-refractivity contribution in [3.63, 3.8) is 0 Å². The minimum absolute atomic E-state index is 0.120. The van der Waals surface area contributed by atoms with Crippen LogP contribution in [-0.4, -0.2) is 35.9 Å². The molecule has 1 fully saturated rings. The molecule has 116 valence electrons. The molecule has 1 aliphatic carbocycles. The number of aliphatic hydroxyl groups is 1. The third-order valence-corrected chi connectivity index (χ3v) is 4.02. The number of esters is 2. The quantitative estimate of drug-likeness (QED) is 0.617. The zero-order chi connectivity index (χ0) is 15.6. The predicted octanol–water partition coefficient (Wildman–Crippen LogP) is 1.92. The lowest BCUT2D eigenvalue weighted by atomic mass is 9.78. The van der Waals surface area contributed by atoms with E-state index < -0.39 is 23.5 Å². The maximum atomic E-state index is 12.1. The van der Waals surface area contributed by atoms with Gasteiger partial charge in [0, 0.05) is 0 Å². The standard InChI is InChI=1S/C15H26O5/c1-6-19-12(16)11(13(17)20-7-2)15(18)9-14(4,5)8-10(15)3/h10-11,18H,6-9H2,1-5H3. The largest absolute Gasteiger partial charge is 0.465 e. The van der Waals surface area contributed by atoms with Crippen LogP contribution in [0.1, 0.15) is 47.5 Å². The Kier molecular flexibility index (Phi) is 5.19. The van der Waals surface area contributed by atoms with Gasteiger partial charge in [0.1, 0.15) is 0 Å². The molecule has 0 radical (unpaired) electrons. The Labute approximate surface area is 120 Å². The van der Waals surface area contributed by atoms with Crippen LogP contribution < -0.4 is 0 Å². The van der Waals surface area contributed by atoms with Crippen molar-refractivity contribution in [1.29, 1.82) is 0 Å². The molecule has 0 spiro atoms. The van der Waals surface area contributed by atoms with Crippen molar-refractivity contribution >= 4 is 11.9 Å². The van der Waals surface area contributed by atoms with Gasteiger partial charge in [-0.1, -0.05) is 20.8 Å². The van der Waals surface area contributed by atoms with E-state index >= 15 is 0 Å². The summed E-state index contributed by atoms with van der Waals surface area (Å²) in [7, 11) is 0. The zero-order valence-corrected chi connectivity index (χ0v) is 13.1. The van der Waals surface area contributed by atoms with E-state index in [0.29, 0.717) is 6.42 Å². The van der Waals surface area contributed by atoms with Gasteiger partial charge in [-0.25, -0.2) is 0 Å². The molecule has 1 aliphatic rings. The molecule has 2 unspecified atom stereocenters. The summed E-state index contributed by atoms with van der Waals surface area (Å²) in [5.41, 5.74) is -1.52. The highest BCUT2D eigenvalue weighted by Gasteiger charge is 2.58. The third-order valence-electron chi connectivity index (χ3n) is 4.02. The van der Waals surface area contributed by atoms with E-state index in [4.69, 9.17) is 9.47 Å². The highest BCUT2D eigenvalue weighted by atomic mass is 16.6. The molecular formula is C15H26O5. The number of carbonyl (C=O) groups excluding carboxylic acids is 2. The third kappa shape index (κ3) is 3.32. The summed E-state index contributed by atoms with van der Waals surface area (Å²) in [5, 5.41) is 10.9. The Bertz CT molecular complexity index is 358. The minimum atomic E-state index is -1.40. The Morgan fingerprint density at radius 3 is 1.95 bits per heavy atom. The molecule has 0 saturated heterocycles. The fourth-order valence-corrected chi connectivity index (χ4v) is 3.36. The zero-order valence-electron chi connectivity index (χ0n) is 13.1. The lowest BCUT2D eigenvalue weighted by Gasteiger charge is -2.33. The Balaban J connectivity index is 3.09. The Hall–Kier alpha value is -1.10. The molecule has 1 saturated carbocycles. The lowest BCUT2D eigenvalue weighted by Crippen LogP contribution is -2.50. The van der Waals surface area contributed by atoms with Crippen molar-refractivity contribution in [1.82, 2.24) is 0 Å². The fraction of sp³-hybridized carbons (Fsp3) is 0.867. The van der Waals surface area contributed by atoms with Crippen LogP contribution in [0.2, 0.25) is 0 Å². The van der Waals surface area contributed by atoms with Crippen molar-refractivity contribution in [3.8, 4) is 0 Å². The summed E-state index contributed by atoms with van der Waals surface area (Å²) in [6, 6.07) is 0. The van der Waals surface area contributed by atoms with E-state index in [1.807, 2.05) is 20.8 Å². The van der Waals surface area contributed by atoms with E-state index in [-0.39, 0.29) is 24.5 Å². The van der Waals surface area contributed by atoms with Gasteiger partial charge < -0.3 is 14.6 Å². The van der Waals surface area contributed by atoms with Gasteiger partial charge in [0.15, 0.2) is 5.92 Å². The summed E-state index contributed by atoms with van der Waals surface area (Å²) in [6.45, 7) is 9.59. The van der Waals surface area contributed by atoms with Crippen LogP contribution in [0.5, 0.6) is 0 Å². The highest BCUT2D eigenvalue weighted by molar-refractivity contribution is 5.96. The summed E-state index contributed by atoms with van der Waals surface area (Å²) in [4.78, 5) is 24.3. The second-order valence-electron chi connectivity index (χ2n) is 6.37. The number of carbonyl (C=O) groups is 2. The first-order chi connectivity index (χ1) is 9.18.